The van der Waals surface area contributed by atoms with Crippen LogP contribution in [0.25, 0.3) is 0 Å². The Balaban J connectivity index is 1.82. The summed E-state index contributed by atoms with van der Waals surface area (Å²) in [6.07, 6.45) is 8.82. The first-order valence-corrected chi connectivity index (χ1v) is 7.89. The molecule has 4 nitrogen and oxygen atoms in total. The molecule has 0 radical (unpaired) electrons. The van der Waals surface area contributed by atoms with Crippen molar-refractivity contribution in [3.8, 4) is 0 Å². The third kappa shape index (κ3) is 4.46. The highest BCUT2D eigenvalue weighted by atomic mass is 15.2. The summed E-state index contributed by atoms with van der Waals surface area (Å²) in [7, 11) is 0. The monoisotopic (exact) mass is 276 g/mol. The summed E-state index contributed by atoms with van der Waals surface area (Å²) in [6, 6.07) is 2.15. The highest BCUT2D eigenvalue weighted by Gasteiger charge is 2.15. The molecule has 20 heavy (non-hydrogen) atoms. The molecule has 4 heteroatoms. The van der Waals surface area contributed by atoms with Gasteiger partial charge in [-0.1, -0.05) is 6.42 Å². The zero-order chi connectivity index (χ0) is 14.2. The summed E-state index contributed by atoms with van der Waals surface area (Å²) >= 11 is 0. The lowest BCUT2D eigenvalue weighted by molar-refractivity contribution is 0.286. The van der Waals surface area contributed by atoms with Crippen LogP contribution in [-0.2, 0) is 0 Å². The molecule has 1 aromatic heterocycles. The zero-order valence-corrected chi connectivity index (χ0v) is 12.7. The maximum Gasteiger partial charge on any atom is 0.0427 e. The van der Waals surface area contributed by atoms with Gasteiger partial charge in [0.2, 0.25) is 0 Å². The largest absolute Gasteiger partial charge is 0.370 e. The van der Waals surface area contributed by atoms with E-state index in [2.05, 4.69) is 27.8 Å². The quantitative estimate of drug-likeness (QED) is 0.808. The van der Waals surface area contributed by atoms with Gasteiger partial charge in [-0.3, -0.25) is 4.98 Å². The van der Waals surface area contributed by atoms with Crippen molar-refractivity contribution in [2.24, 2.45) is 5.73 Å². The molecule has 2 N–H and O–H groups in total. The highest BCUT2D eigenvalue weighted by Crippen LogP contribution is 2.20. The molecule has 2 heterocycles. The van der Waals surface area contributed by atoms with E-state index in [9.17, 15) is 0 Å². The van der Waals surface area contributed by atoms with E-state index in [-0.39, 0.29) is 0 Å². The van der Waals surface area contributed by atoms with Gasteiger partial charge in [0, 0.05) is 37.7 Å². The second kappa shape index (κ2) is 8.22. The zero-order valence-electron chi connectivity index (χ0n) is 12.7. The molecule has 0 bridgehead atoms. The van der Waals surface area contributed by atoms with Crippen molar-refractivity contribution in [1.29, 1.82) is 0 Å². The average Bonchev–Trinajstić information content (AvgIpc) is 2.70. The Bertz CT molecular complexity index is 394. The summed E-state index contributed by atoms with van der Waals surface area (Å²) in [5, 5.41) is 0. The van der Waals surface area contributed by atoms with E-state index in [0.29, 0.717) is 0 Å². The molecule has 0 aliphatic carbocycles. The molecule has 0 amide bonds. The maximum atomic E-state index is 5.54. The summed E-state index contributed by atoms with van der Waals surface area (Å²) in [4.78, 5) is 9.30. The van der Waals surface area contributed by atoms with Crippen LogP contribution in [0.2, 0.25) is 0 Å². The van der Waals surface area contributed by atoms with Gasteiger partial charge >= 0.3 is 0 Å². The van der Waals surface area contributed by atoms with E-state index < -0.39 is 0 Å². The van der Waals surface area contributed by atoms with Gasteiger partial charge in [-0.05, 0) is 57.5 Å². The van der Waals surface area contributed by atoms with Crippen molar-refractivity contribution in [1.82, 2.24) is 9.88 Å². The summed E-state index contributed by atoms with van der Waals surface area (Å²) in [5.74, 6) is 0. The standard InChI is InChI=1S/C16H28N4/c1-15-14-18-8-6-16(15)20-11-5-10-19(12-13-20)9-4-2-3-7-17/h6,8,14H,2-5,7,9-13,17H2,1H3. The van der Waals surface area contributed by atoms with Gasteiger partial charge in [-0.2, -0.15) is 0 Å². The second-order valence-corrected chi connectivity index (χ2v) is 5.69. The molecule has 1 aliphatic rings. The van der Waals surface area contributed by atoms with Gasteiger partial charge in [-0.25, -0.2) is 0 Å². The van der Waals surface area contributed by atoms with Crippen LogP contribution in [0.15, 0.2) is 18.5 Å². The SMILES string of the molecule is Cc1cnccc1N1CCCN(CCCCCN)CC1. The number of aryl methyl sites for hydroxylation is 1. The first-order valence-electron chi connectivity index (χ1n) is 7.89. The number of unbranched alkanes of at least 4 members (excludes halogenated alkanes) is 2. The molecule has 0 aromatic carbocycles. The smallest absolute Gasteiger partial charge is 0.0427 e. The maximum absolute atomic E-state index is 5.54. The van der Waals surface area contributed by atoms with E-state index in [1.54, 1.807) is 0 Å². The predicted molar refractivity (Wildman–Crippen MR) is 85.1 cm³/mol. The number of hydrogen-bond donors (Lipinski definition) is 1. The van der Waals surface area contributed by atoms with Gasteiger partial charge in [-0.15, -0.1) is 0 Å². The van der Waals surface area contributed by atoms with Crippen LogP contribution in [0.4, 0.5) is 5.69 Å². The Morgan fingerprint density at radius 3 is 2.85 bits per heavy atom. The number of nitrogens with zero attached hydrogens (tertiary/aromatic N) is 3. The molecule has 0 atom stereocenters. The molecule has 2 rings (SSSR count). The molecule has 1 saturated heterocycles. The average molecular weight is 276 g/mol. The Labute approximate surface area is 123 Å². The molecule has 1 fully saturated rings. The Hall–Kier alpha value is -1.13. The summed E-state index contributed by atoms with van der Waals surface area (Å²) in [6.45, 7) is 8.88. The minimum absolute atomic E-state index is 0.828. The minimum Gasteiger partial charge on any atom is -0.370 e. The van der Waals surface area contributed by atoms with Crippen molar-refractivity contribution in [2.45, 2.75) is 32.6 Å². The number of nitrogens with two attached hydrogens (primary N) is 1. The topological polar surface area (TPSA) is 45.4 Å². The normalized spacial score (nSPS) is 17.2. The lowest BCUT2D eigenvalue weighted by atomic mass is 10.2. The summed E-state index contributed by atoms with van der Waals surface area (Å²) < 4.78 is 0. The molecule has 0 spiro atoms. The van der Waals surface area contributed by atoms with Gasteiger partial charge in [0.1, 0.15) is 0 Å². The van der Waals surface area contributed by atoms with E-state index in [1.165, 1.54) is 50.1 Å². The third-order valence-corrected chi connectivity index (χ3v) is 4.10. The van der Waals surface area contributed by atoms with Crippen LogP contribution in [0.3, 0.4) is 0 Å². The third-order valence-electron chi connectivity index (χ3n) is 4.10. The van der Waals surface area contributed by atoms with E-state index in [0.717, 1.165) is 26.1 Å². The van der Waals surface area contributed by atoms with Crippen molar-refractivity contribution in [3.63, 3.8) is 0 Å². The fourth-order valence-corrected chi connectivity index (χ4v) is 2.91. The van der Waals surface area contributed by atoms with Crippen LogP contribution < -0.4 is 10.6 Å². The van der Waals surface area contributed by atoms with Crippen molar-refractivity contribution >= 4 is 5.69 Å². The van der Waals surface area contributed by atoms with Gasteiger partial charge in [0.15, 0.2) is 0 Å². The molecule has 0 unspecified atom stereocenters. The predicted octanol–water partition coefficient (Wildman–Crippen LogP) is 2.03. The van der Waals surface area contributed by atoms with Crippen molar-refractivity contribution in [2.75, 3.05) is 44.2 Å². The molecule has 112 valence electrons. The number of anilines is 1. The fourth-order valence-electron chi connectivity index (χ4n) is 2.91. The van der Waals surface area contributed by atoms with Crippen LogP contribution in [0.5, 0.6) is 0 Å². The van der Waals surface area contributed by atoms with Crippen LogP contribution in [-0.4, -0.2) is 49.2 Å². The van der Waals surface area contributed by atoms with E-state index in [1.807, 2.05) is 12.4 Å². The number of aromatic nitrogens is 1. The second-order valence-electron chi connectivity index (χ2n) is 5.69. The van der Waals surface area contributed by atoms with Crippen molar-refractivity contribution in [3.05, 3.63) is 24.0 Å². The Morgan fingerprint density at radius 1 is 1.15 bits per heavy atom. The van der Waals surface area contributed by atoms with Gasteiger partial charge in [0.25, 0.3) is 0 Å². The van der Waals surface area contributed by atoms with Gasteiger partial charge in [0.05, 0.1) is 0 Å². The lowest BCUT2D eigenvalue weighted by Crippen LogP contribution is -2.31. The van der Waals surface area contributed by atoms with Gasteiger partial charge < -0.3 is 15.5 Å². The van der Waals surface area contributed by atoms with Crippen LogP contribution >= 0.6 is 0 Å². The molecular formula is C16H28N4. The Kier molecular flexibility index (Phi) is 6.27. The summed E-state index contributed by atoms with van der Waals surface area (Å²) in [5.41, 5.74) is 8.18. The van der Waals surface area contributed by atoms with Crippen LogP contribution in [0.1, 0.15) is 31.2 Å². The van der Waals surface area contributed by atoms with Crippen LogP contribution in [0, 0.1) is 6.92 Å². The molecule has 0 saturated carbocycles. The lowest BCUT2D eigenvalue weighted by Gasteiger charge is -2.25. The number of rotatable bonds is 6. The highest BCUT2D eigenvalue weighted by molar-refractivity contribution is 5.51. The van der Waals surface area contributed by atoms with E-state index >= 15 is 0 Å². The Morgan fingerprint density at radius 2 is 2.05 bits per heavy atom. The molecule has 1 aromatic rings. The minimum atomic E-state index is 0.828. The first-order chi connectivity index (χ1) is 9.81. The number of hydrogen-bond acceptors (Lipinski definition) is 4. The van der Waals surface area contributed by atoms with Crippen molar-refractivity contribution < 1.29 is 0 Å². The number of pyridine rings is 1. The van der Waals surface area contributed by atoms with E-state index in [4.69, 9.17) is 5.73 Å². The molecule has 1 aliphatic heterocycles. The molecular weight excluding hydrogens is 248 g/mol. The fraction of sp³-hybridized carbons (Fsp3) is 0.688. The first kappa shape index (κ1) is 15.3.